The van der Waals surface area contributed by atoms with Gasteiger partial charge >= 0.3 is 11.8 Å². The summed E-state index contributed by atoms with van der Waals surface area (Å²) in [5.41, 5.74) is 4.69. The van der Waals surface area contributed by atoms with Crippen LogP contribution in [0, 0.1) is 6.92 Å². The van der Waals surface area contributed by atoms with Crippen molar-refractivity contribution >= 4 is 35.1 Å². The molecule has 2 N–H and O–H groups in total. The molecule has 102 valence electrons. The van der Waals surface area contributed by atoms with Gasteiger partial charge in [-0.2, -0.15) is 16.4 Å². The Labute approximate surface area is 120 Å². The number of aryl methyl sites for hydroxylation is 1. The summed E-state index contributed by atoms with van der Waals surface area (Å²) in [5.74, 6) is -1.56. The molecule has 5 nitrogen and oxygen atoms in total. The molecule has 1 aromatic carbocycles. The van der Waals surface area contributed by atoms with Gasteiger partial charge in [0.2, 0.25) is 0 Å². The van der Waals surface area contributed by atoms with Crippen LogP contribution in [0.4, 0.5) is 5.69 Å². The molecule has 1 aromatic heterocycles. The first-order valence-corrected chi connectivity index (χ1v) is 6.82. The summed E-state index contributed by atoms with van der Waals surface area (Å²) in [7, 11) is 0. The number of benzene rings is 1. The molecular formula is C14H13N3O2S. The molecule has 0 bridgehead atoms. The molecule has 2 rings (SSSR count). The predicted molar refractivity (Wildman–Crippen MR) is 79.9 cm³/mol. The number of anilines is 1. The van der Waals surface area contributed by atoms with E-state index in [1.54, 1.807) is 12.1 Å². The average molecular weight is 287 g/mol. The minimum Gasteiger partial charge on any atom is -0.318 e. The molecule has 2 aromatic rings. The smallest absolute Gasteiger partial charge is 0.318 e. The molecule has 0 fully saturated rings. The van der Waals surface area contributed by atoms with E-state index in [2.05, 4.69) is 15.8 Å². The second-order valence-corrected chi connectivity index (χ2v) is 4.86. The van der Waals surface area contributed by atoms with E-state index in [9.17, 15) is 9.59 Å². The maximum Gasteiger partial charge on any atom is 0.329 e. The number of rotatable bonds is 3. The summed E-state index contributed by atoms with van der Waals surface area (Å²) >= 11 is 1.52. The molecule has 0 aliphatic carbocycles. The zero-order valence-electron chi connectivity index (χ0n) is 10.8. The lowest BCUT2D eigenvalue weighted by Gasteiger charge is -2.03. The van der Waals surface area contributed by atoms with Crippen LogP contribution < -0.4 is 10.7 Å². The van der Waals surface area contributed by atoms with E-state index in [1.807, 2.05) is 35.9 Å². The van der Waals surface area contributed by atoms with Gasteiger partial charge in [-0.1, -0.05) is 17.7 Å². The van der Waals surface area contributed by atoms with Gasteiger partial charge in [0, 0.05) is 11.3 Å². The van der Waals surface area contributed by atoms with E-state index in [1.165, 1.54) is 17.6 Å². The highest BCUT2D eigenvalue weighted by molar-refractivity contribution is 7.08. The lowest BCUT2D eigenvalue weighted by atomic mass is 10.2. The summed E-state index contributed by atoms with van der Waals surface area (Å²) < 4.78 is 0. The molecule has 1 heterocycles. The summed E-state index contributed by atoms with van der Waals surface area (Å²) in [6, 6.07) is 9.02. The SMILES string of the molecule is Cc1ccc(NC(=O)C(=O)N/N=C\c2ccsc2)cc1. The number of amides is 2. The Morgan fingerprint density at radius 2 is 1.90 bits per heavy atom. The minimum absolute atomic E-state index is 0.567. The quantitative estimate of drug-likeness (QED) is 0.516. The monoisotopic (exact) mass is 287 g/mol. The maximum atomic E-state index is 11.6. The number of hydrazone groups is 1. The second kappa shape index (κ2) is 6.63. The van der Waals surface area contributed by atoms with Crippen LogP contribution >= 0.6 is 11.3 Å². The van der Waals surface area contributed by atoms with Crippen LogP contribution in [0.2, 0.25) is 0 Å². The zero-order chi connectivity index (χ0) is 14.4. The molecule has 0 saturated heterocycles. The van der Waals surface area contributed by atoms with Gasteiger partial charge in [0.15, 0.2) is 0 Å². The van der Waals surface area contributed by atoms with E-state index >= 15 is 0 Å². The van der Waals surface area contributed by atoms with Gasteiger partial charge in [0.1, 0.15) is 0 Å². The molecule has 0 atom stereocenters. The molecule has 0 spiro atoms. The van der Waals surface area contributed by atoms with Gasteiger partial charge in [-0.15, -0.1) is 0 Å². The molecular weight excluding hydrogens is 274 g/mol. The van der Waals surface area contributed by atoms with Gasteiger partial charge in [-0.25, -0.2) is 5.43 Å². The Kier molecular flexibility index (Phi) is 4.62. The van der Waals surface area contributed by atoms with Crippen molar-refractivity contribution in [2.45, 2.75) is 6.92 Å². The number of hydrogen-bond acceptors (Lipinski definition) is 4. The van der Waals surface area contributed by atoms with Gasteiger partial charge in [-0.3, -0.25) is 9.59 Å². The van der Waals surface area contributed by atoms with Crippen molar-refractivity contribution in [3.63, 3.8) is 0 Å². The second-order valence-electron chi connectivity index (χ2n) is 4.08. The molecule has 20 heavy (non-hydrogen) atoms. The van der Waals surface area contributed by atoms with Crippen LogP contribution in [0.25, 0.3) is 0 Å². The number of hydrogen-bond donors (Lipinski definition) is 2. The van der Waals surface area contributed by atoms with Crippen molar-refractivity contribution in [3.05, 3.63) is 52.2 Å². The Balaban J connectivity index is 1.86. The number of nitrogens with zero attached hydrogens (tertiary/aromatic N) is 1. The van der Waals surface area contributed by atoms with E-state index in [-0.39, 0.29) is 0 Å². The van der Waals surface area contributed by atoms with E-state index in [0.29, 0.717) is 5.69 Å². The topological polar surface area (TPSA) is 70.6 Å². The van der Waals surface area contributed by atoms with Crippen molar-refractivity contribution in [3.8, 4) is 0 Å². The van der Waals surface area contributed by atoms with Crippen molar-refractivity contribution in [1.29, 1.82) is 0 Å². The third-order valence-corrected chi connectivity index (χ3v) is 3.14. The van der Waals surface area contributed by atoms with Crippen LogP contribution in [-0.4, -0.2) is 18.0 Å². The number of carbonyl (C=O) groups excluding carboxylic acids is 2. The van der Waals surface area contributed by atoms with E-state index < -0.39 is 11.8 Å². The maximum absolute atomic E-state index is 11.6. The standard InChI is InChI=1S/C14H13N3O2S/c1-10-2-4-12(5-3-10)16-13(18)14(19)17-15-8-11-6-7-20-9-11/h2-9H,1H3,(H,16,18)(H,17,19)/b15-8-. The van der Waals surface area contributed by atoms with Gasteiger partial charge in [-0.05, 0) is 35.9 Å². The highest BCUT2D eigenvalue weighted by Gasteiger charge is 2.12. The lowest BCUT2D eigenvalue weighted by Crippen LogP contribution is -2.32. The Hall–Kier alpha value is -2.47. The summed E-state index contributed by atoms with van der Waals surface area (Å²) in [5, 5.41) is 9.97. The minimum atomic E-state index is -0.808. The third kappa shape index (κ3) is 4.03. The Bertz CT molecular complexity index is 618. The van der Waals surface area contributed by atoms with E-state index in [4.69, 9.17) is 0 Å². The summed E-state index contributed by atoms with van der Waals surface area (Å²) in [4.78, 5) is 23.1. The molecule has 0 aliphatic rings. The predicted octanol–water partition coefficient (Wildman–Crippen LogP) is 2.15. The molecule has 0 saturated carbocycles. The van der Waals surface area contributed by atoms with E-state index in [0.717, 1.165) is 11.1 Å². The van der Waals surface area contributed by atoms with Crippen LogP contribution in [0.5, 0.6) is 0 Å². The first kappa shape index (κ1) is 14.0. The average Bonchev–Trinajstić information content (AvgIpc) is 2.94. The number of nitrogens with one attached hydrogen (secondary N) is 2. The van der Waals surface area contributed by atoms with Crippen molar-refractivity contribution in [2.75, 3.05) is 5.32 Å². The van der Waals surface area contributed by atoms with Crippen molar-refractivity contribution in [1.82, 2.24) is 5.43 Å². The number of thiophene rings is 1. The van der Waals surface area contributed by atoms with Crippen LogP contribution in [-0.2, 0) is 9.59 Å². The van der Waals surface area contributed by atoms with Crippen LogP contribution in [0.1, 0.15) is 11.1 Å². The fourth-order valence-corrected chi connectivity index (χ4v) is 2.00. The molecule has 2 amide bonds. The summed E-state index contributed by atoms with van der Waals surface area (Å²) in [6.45, 7) is 1.94. The number of carbonyl (C=O) groups is 2. The fourth-order valence-electron chi connectivity index (χ4n) is 1.39. The normalized spacial score (nSPS) is 10.4. The lowest BCUT2D eigenvalue weighted by molar-refractivity contribution is -0.136. The Morgan fingerprint density at radius 3 is 2.55 bits per heavy atom. The highest BCUT2D eigenvalue weighted by atomic mass is 32.1. The van der Waals surface area contributed by atoms with Crippen molar-refractivity contribution in [2.24, 2.45) is 5.10 Å². The molecule has 0 radical (unpaired) electrons. The molecule has 6 heteroatoms. The van der Waals surface area contributed by atoms with Crippen molar-refractivity contribution < 1.29 is 9.59 Å². The Morgan fingerprint density at radius 1 is 1.15 bits per heavy atom. The highest BCUT2D eigenvalue weighted by Crippen LogP contribution is 2.08. The van der Waals surface area contributed by atoms with Gasteiger partial charge in [0.05, 0.1) is 6.21 Å². The van der Waals surface area contributed by atoms with Crippen LogP contribution in [0.3, 0.4) is 0 Å². The fraction of sp³-hybridized carbons (Fsp3) is 0.0714. The molecule has 0 aliphatic heterocycles. The largest absolute Gasteiger partial charge is 0.329 e. The third-order valence-electron chi connectivity index (χ3n) is 2.44. The van der Waals surface area contributed by atoms with Gasteiger partial charge in [0.25, 0.3) is 0 Å². The van der Waals surface area contributed by atoms with Crippen LogP contribution in [0.15, 0.2) is 46.2 Å². The molecule has 0 unspecified atom stereocenters. The zero-order valence-corrected chi connectivity index (χ0v) is 11.6. The first-order chi connectivity index (χ1) is 9.65. The first-order valence-electron chi connectivity index (χ1n) is 5.88. The summed E-state index contributed by atoms with van der Waals surface area (Å²) in [6.07, 6.45) is 1.48. The van der Waals surface area contributed by atoms with Gasteiger partial charge < -0.3 is 5.32 Å².